The molecular formula is C17H15NOS2. The van der Waals surface area contributed by atoms with E-state index >= 15 is 0 Å². The number of ketones is 1. The number of thiazole rings is 1. The van der Waals surface area contributed by atoms with Crippen molar-refractivity contribution in [2.45, 2.75) is 17.7 Å². The summed E-state index contributed by atoms with van der Waals surface area (Å²) < 4.78 is 2.12. The first-order valence-electron chi connectivity index (χ1n) is 6.87. The second kappa shape index (κ2) is 6.41. The number of thioether (sulfide) groups is 1. The van der Waals surface area contributed by atoms with Crippen molar-refractivity contribution in [2.24, 2.45) is 0 Å². The molecule has 0 saturated carbocycles. The summed E-state index contributed by atoms with van der Waals surface area (Å²) in [5, 5.41) is 0. The van der Waals surface area contributed by atoms with Crippen LogP contribution in [-0.2, 0) is 6.42 Å². The molecule has 2 nitrogen and oxygen atoms in total. The zero-order chi connectivity index (χ0) is 14.7. The molecule has 0 aliphatic rings. The van der Waals surface area contributed by atoms with Crippen LogP contribution in [0.15, 0.2) is 52.9 Å². The molecule has 0 aliphatic carbocycles. The third-order valence-corrected chi connectivity index (χ3v) is 5.46. The third kappa shape index (κ3) is 3.34. The molecule has 3 rings (SSSR count). The first-order valence-corrected chi connectivity index (χ1v) is 8.67. The molecule has 1 aromatic heterocycles. The minimum Gasteiger partial charge on any atom is -0.293 e. The normalized spacial score (nSPS) is 10.9. The van der Waals surface area contributed by atoms with Crippen molar-refractivity contribution in [1.29, 1.82) is 0 Å². The van der Waals surface area contributed by atoms with Crippen molar-refractivity contribution in [2.75, 3.05) is 5.75 Å². The quantitative estimate of drug-likeness (QED) is 0.499. The maximum Gasteiger partial charge on any atom is 0.173 e. The number of hydrogen-bond acceptors (Lipinski definition) is 4. The van der Waals surface area contributed by atoms with Crippen LogP contribution in [-0.4, -0.2) is 16.5 Å². The number of rotatable bonds is 5. The highest BCUT2D eigenvalue weighted by Crippen LogP contribution is 2.29. The van der Waals surface area contributed by atoms with Gasteiger partial charge in [-0.2, -0.15) is 0 Å². The van der Waals surface area contributed by atoms with Crippen molar-refractivity contribution in [3.8, 4) is 0 Å². The molecule has 3 aromatic rings. The van der Waals surface area contributed by atoms with Crippen molar-refractivity contribution in [3.05, 3.63) is 59.7 Å². The summed E-state index contributed by atoms with van der Waals surface area (Å²) in [7, 11) is 0. The number of aryl methyl sites for hydroxylation is 1. The Morgan fingerprint density at radius 3 is 2.62 bits per heavy atom. The lowest BCUT2D eigenvalue weighted by molar-refractivity contribution is 0.102. The fourth-order valence-electron chi connectivity index (χ4n) is 2.05. The van der Waals surface area contributed by atoms with Gasteiger partial charge in [0.05, 0.1) is 16.0 Å². The summed E-state index contributed by atoms with van der Waals surface area (Å²) in [5.41, 5.74) is 3.04. The third-order valence-electron chi connectivity index (χ3n) is 3.29. The summed E-state index contributed by atoms with van der Waals surface area (Å²) in [6.45, 7) is 2.11. The van der Waals surface area contributed by atoms with Crippen molar-refractivity contribution >= 4 is 39.1 Å². The second-order valence-corrected chi connectivity index (χ2v) is 6.96. The second-order valence-electron chi connectivity index (χ2n) is 4.71. The van der Waals surface area contributed by atoms with Crippen LogP contribution in [0.25, 0.3) is 10.2 Å². The van der Waals surface area contributed by atoms with E-state index in [2.05, 4.69) is 18.0 Å². The number of para-hydroxylation sites is 1. The zero-order valence-corrected chi connectivity index (χ0v) is 13.3. The summed E-state index contributed by atoms with van der Waals surface area (Å²) in [6, 6.07) is 15.9. The lowest BCUT2D eigenvalue weighted by atomic mass is 10.1. The Bertz CT molecular complexity index is 729. The Balaban J connectivity index is 1.67. The summed E-state index contributed by atoms with van der Waals surface area (Å²) >= 11 is 3.16. The van der Waals surface area contributed by atoms with Crippen LogP contribution in [0.1, 0.15) is 22.8 Å². The van der Waals surface area contributed by atoms with Crippen LogP contribution in [0.2, 0.25) is 0 Å². The van der Waals surface area contributed by atoms with Crippen LogP contribution < -0.4 is 0 Å². The van der Waals surface area contributed by atoms with Crippen LogP contribution in [0, 0.1) is 0 Å². The van der Waals surface area contributed by atoms with Crippen LogP contribution >= 0.6 is 23.1 Å². The minimum absolute atomic E-state index is 0.155. The molecule has 0 bridgehead atoms. The summed E-state index contributed by atoms with van der Waals surface area (Å²) in [6.07, 6.45) is 0.995. The first kappa shape index (κ1) is 14.3. The average Bonchev–Trinajstić information content (AvgIpc) is 2.95. The number of carbonyl (C=O) groups is 1. The topological polar surface area (TPSA) is 30.0 Å². The lowest BCUT2D eigenvalue weighted by Crippen LogP contribution is -2.02. The van der Waals surface area contributed by atoms with Gasteiger partial charge in [0.2, 0.25) is 0 Å². The van der Waals surface area contributed by atoms with E-state index in [1.807, 2.05) is 42.5 Å². The predicted molar refractivity (Wildman–Crippen MR) is 90.5 cm³/mol. The van der Waals surface area contributed by atoms with E-state index in [0.717, 1.165) is 21.8 Å². The number of Topliss-reactive ketones (excluding diaryl/α,β-unsaturated/α-hetero) is 1. The van der Waals surface area contributed by atoms with Crippen LogP contribution in [0.4, 0.5) is 0 Å². The van der Waals surface area contributed by atoms with E-state index in [4.69, 9.17) is 0 Å². The van der Waals surface area contributed by atoms with Gasteiger partial charge in [-0.15, -0.1) is 11.3 Å². The predicted octanol–water partition coefficient (Wildman–Crippen LogP) is 4.83. The van der Waals surface area contributed by atoms with Crippen molar-refractivity contribution in [1.82, 2.24) is 4.98 Å². The van der Waals surface area contributed by atoms with Crippen LogP contribution in [0.3, 0.4) is 0 Å². The Labute approximate surface area is 132 Å². The van der Waals surface area contributed by atoms with E-state index in [9.17, 15) is 4.79 Å². The van der Waals surface area contributed by atoms with E-state index in [0.29, 0.717) is 5.75 Å². The summed E-state index contributed by atoms with van der Waals surface area (Å²) in [5.74, 6) is 0.590. The molecule has 21 heavy (non-hydrogen) atoms. The highest BCUT2D eigenvalue weighted by Gasteiger charge is 2.09. The van der Waals surface area contributed by atoms with Crippen molar-refractivity contribution < 1.29 is 4.79 Å². The SMILES string of the molecule is CCc1ccc(C(=O)CSc2nc3ccccc3s2)cc1. The Kier molecular flexibility index (Phi) is 4.36. The first-order chi connectivity index (χ1) is 10.3. The van der Waals surface area contributed by atoms with Gasteiger partial charge in [-0.3, -0.25) is 4.79 Å². The fourth-order valence-corrected chi connectivity index (χ4v) is 4.01. The van der Waals surface area contributed by atoms with Gasteiger partial charge in [-0.25, -0.2) is 4.98 Å². The molecular weight excluding hydrogens is 298 g/mol. The number of nitrogens with zero attached hydrogens (tertiary/aromatic N) is 1. The van der Waals surface area contributed by atoms with E-state index in [-0.39, 0.29) is 5.78 Å². The Hall–Kier alpha value is -1.65. The van der Waals surface area contributed by atoms with Gasteiger partial charge in [0.25, 0.3) is 0 Å². The van der Waals surface area contributed by atoms with Gasteiger partial charge < -0.3 is 0 Å². The number of fused-ring (bicyclic) bond motifs is 1. The smallest absolute Gasteiger partial charge is 0.173 e. The monoisotopic (exact) mass is 313 g/mol. The van der Waals surface area contributed by atoms with Gasteiger partial charge in [0.15, 0.2) is 10.1 Å². The van der Waals surface area contributed by atoms with Gasteiger partial charge in [-0.1, -0.05) is 55.1 Å². The molecule has 0 amide bonds. The maximum absolute atomic E-state index is 12.2. The van der Waals surface area contributed by atoms with Gasteiger partial charge in [-0.05, 0) is 24.1 Å². The van der Waals surface area contributed by atoms with Gasteiger partial charge in [0, 0.05) is 5.56 Å². The molecule has 0 atom stereocenters. The Morgan fingerprint density at radius 2 is 1.90 bits per heavy atom. The van der Waals surface area contributed by atoms with E-state index in [1.165, 1.54) is 22.0 Å². The van der Waals surface area contributed by atoms with E-state index < -0.39 is 0 Å². The molecule has 0 radical (unpaired) electrons. The number of benzene rings is 2. The lowest BCUT2D eigenvalue weighted by Gasteiger charge is -2.01. The molecule has 0 fully saturated rings. The molecule has 106 valence electrons. The largest absolute Gasteiger partial charge is 0.293 e. The van der Waals surface area contributed by atoms with E-state index in [1.54, 1.807) is 11.3 Å². The molecule has 0 spiro atoms. The highest BCUT2D eigenvalue weighted by molar-refractivity contribution is 8.01. The highest BCUT2D eigenvalue weighted by atomic mass is 32.2. The molecule has 0 unspecified atom stereocenters. The number of hydrogen-bond donors (Lipinski definition) is 0. The minimum atomic E-state index is 0.155. The average molecular weight is 313 g/mol. The Morgan fingerprint density at radius 1 is 1.14 bits per heavy atom. The molecule has 2 aromatic carbocycles. The zero-order valence-electron chi connectivity index (χ0n) is 11.7. The number of carbonyl (C=O) groups excluding carboxylic acids is 1. The molecule has 0 aliphatic heterocycles. The number of aromatic nitrogens is 1. The van der Waals surface area contributed by atoms with Gasteiger partial charge >= 0.3 is 0 Å². The van der Waals surface area contributed by atoms with Crippen molar-refractivity contribution in [3.63, 3.8) is 0 Å². The van der Waals surface area contributed by atoms with Crippen LogP contribution in [0.5, 0.6) is 0 Å². The molecule has 0 saturated heterocycles. The molecule has 1 heterocycles. The summed E-state index contributed by atoms with van der Waals surface area (Å²) in [4.78, 5) is 16.7. The fraction of sp³-hybridized carbons (Fsp3) is 0.176. The molecule has 0 N–H and O–H groups in total. The standard InChI is InChI=1S/C17H15NOS2/c1-2-12-7-9-13(10-8-12)15(19)11-20-17-18-14-5-3-4-6-16(14)21-17/h3-10H,2,11H2,1H3. The maximum atomic E-state index is 12.2. The molecule has 4 heteroatoms. The van der Waals surface area contributed by atoms with Gasteiger partial charge in [0.1, 0.15) is 0 Å².